The zero-order chi connectivity index (χ0) is 25.3. The van der Waals surface area contributed by atoms with Gasteiger partial charge in [0.1, 0.15) is 5.82 Å². The molecule has 1 aromatic heterocycles. The Bertz CT molecular complexity index is 1120. The van der Waals surface area contributed by atoms with Crippen LogP contribution in [0.5, 0.6) is 0 Å². The Hall–Kier alpha value is -3.03. The lowest BCUT2D eigenvalue weighted by Crippen LogP contribution is -2.49. The first-order valence-corrected chi connectivity index (χ1v) is 13.6. The Kier molecular flexibility index (Phi) is 9.25. The maximum absolute atomic E-state index is 13.0. The molecule has 0 aliphatic carbocycles. The molecule has 0 saturated carbocycles. The van der Waals surface area contributed by atoms with Gasteiger partial charge in [0, 0.05) is 69.7 Å². The SMILES string of the molecule is Cc1ccc(Cc2nsc(N(CCC(=O)N3CCN(C/C=C/c4ccccc4)CC3)C(C)C)n2)cc1. The molecule has 7 heteroatoms. The molecule has 3 aromatic rings. The van der Waals surface area contributed by atoms with Crippen molar-refractivity contribution in [2.75, 3.05) is 44.2 Å². The summed E-state index contributed by atoms with van der Waals surface area (Å²) in [5.74, 6) is 1.07. The molecule has 4 rings (SSSR count). The number of aryl methyl sites for hydroxylation is 1. The second-order valence-electron chi connectivity index (χ2n) is 9.69. The predicted molar refractivity (Wildman–Crippen MR) is 149 cm³/mol. The third-order valence-electron chi connectivity index (χ3n) is 6.57. The van der Waals surface area contributed by atoms with Gasteiger partial charge in [0.25, 0.3) is 0 Å². The second kappa shape index (κ2) is 12.8. The van der Waals surface area contributed by atoms with E-state index in [2.05, 4.69) is 95.6 Å². The highest BCUT2D eigenvalue weighted by Gasteiger charge is 2.23. The number of benzene rings is 2. The van der Waals surface area contributed by atoms with Crippen molar-refractivity contribution in [3.63, 3.8) is 0 Å². The summed E-state index contributed by atoms with van der Waals surface area (Å²) in [4.78, 5) is 24.4. The molecular formula is C29H37N5OS. The fourth-order valence-corrected chi connectivity index (χ4v) is 5.20. The molecule has 190 valence electrons. The first-order chi connectivity index (χ1) is 17.5. The average molecular weight is 504 g/mol. The highest BCUT2D eigenvalue weighted by molar-refractivity contribution is 7.09. The Balaban J connectivity index is 1.23. The number of carbonyl (C=O) groups is 1. The molecule has 0 radical (unpaired) electrons. The van der Waals surface area contributed by atoms with E-state index in [9.17, 15) is 4.79 Å². The van der Waals surface area contributed by atoms with Crippen LogP contribution in [0.2, 0.25) is 0 Å². The van der Waals surface area contributed by atoms with Crippen LogP contribution < -0.4 is 4.90 Å². The van der Waals surface area contributed by atoms with E-state index in [1.54, 1.807) is 0 Å². The van der Waals surface area contributed by atoms with E-state index in [1.165, 1.54) is 28.2 Å². The van der Waals surface area contributed by atoms with Crippen LogP contribution in [0.15, 0.2) is 60.7 Å². The topological polar surface area (TPSA) is 52.6 Å². The van der Waals surface area contributed by atoms with Gasteiger partial charge < -0.3 is 9.80 Å². The molecule has 1 fully saturated rings. The van der Waals surface area contributed by atoms with Crippen LogP contribution in [-0.4, -0.2) is 70.4 Å². The molecule has 1 saturated heterocycles. The molecule has 1 amide bonds. The molecule has 6 nitrogen and oxygen atoms in total. The number of hydrogen-bond donors (Lipinski definition) is 0. The number of hydrogen-bond acceptors (Lipinski definition) is 6. The Morgan fingerprint density at radius 2 is 1.78 bits per heavy atom. The molecule has 0 N–H and O–H groups in total. The Labute approximate surface area is 219 Å². The van der Waals surface area contributed by atoms with Gasteiger partial charge in [-0.1, -0.05) is 72.3 Å². The quantitative estimate of drug-likeness (QED) is 0.394. The summed E-state index contributed by atoms with van der Waals surface area (Å²) in [6, 6.07) is 19.1. The van der Waals surface area contributed by atoms with E-state index in [0.717, 1.165) is 50.1 Å². The van der Waals surface area contributed by atoms with Crippen LogP contribution in [0.3, 0.4) is 0 Å². The van der Waals surface area contributed by atoms with Crippen molar-refractivity contribution >= 4 is 28.6 Å². The van der Waals surface area contributed by atoms with E-state index in [-0.39, 0.29) is 11.9 Å². The number of rotatable bonds is 10. The highest BCUT2D eigenvalue weighted by atomic mass is 32.1. The molecule has 0 unspecified atom stereocenters. The number of anilines is 1. The van der Waals surface area contributed by atoms with Crippen LogP contribution >= 0.6 is 11.5 Å². The minimum atomic E-state index is 0.226. The van der Waals surface area contributed by atoms with Crippen molar-refractivity contribution in [3.05, 3.63) is 83.2 Å². The van der Waals surface area contributed by atoms with Gasteiger partial charge in [0.2, 0.25) is 11.0 Å². The van der Waals surface area contributed by atoms with Crippen molar-refractivity contribution in [2.45, 2.75) is 39.7 Å². The summed E-state index contributed by atoms with van der Waals surface area (Å²) in [7, 11) is 0. The van der Waals surface area contributed by atoms with Gasteiger partial charge in [-0.3, -0.25) is 9.69 Å². The zero-order valence-electron chi connectivity index (χ0n) is 21.6. The van der Waals surface area contributed by atoms with Gasteiger partial charge in [-0.25, -0.2) is 4.98 Å². The van der Waals surface area contributed by atoms with Gasteiger partial charge in [-0.05, 0) is 31.9 Å². The van der Waals surface area contributed by atoms with E-state index in [1.807, 2.05) is 11.0 Å². The largest absolute Gasteiger partial charge is 0.344 e. The zero-order valence-corrected chi connectivity index (χ0v) is 22.5. The molecule has 2 heterocycles. The maximum atomic E-state index is 13.0. The third kappa shape index (κ3) is 7.48. The van der Waals surface area contributed by atoms with Gasteiger partial charge in [0.05, 0.1) is 0 Å². The fraction of sp³-hybridized carbons (Fsp3) is 0.414. The maximum Gasteiger partial charge on any atom is 0.224 e. The van der Waals surface area contributed by atoms with Crippen LogP contribution in [0.25, 0.3) is 6.08 Å². The van der Waals surface area contributed by atoms with E-state index < -0.39 is 0 Å². The lowest BCUT2D eigenvalue weighted by Gasteiger charge is -2.35. The average Bonchev–Trinajstić information content (AvgIpc) is 3.34. The van der Waals surface area contributed by atoms with Gasteiger partial charge in [-0.15, -0.1) is 0 Å². The second-order valence-corrected chi connectivity index (χ2v) is 10.4. The predicted octanol–water partition coefficient (Wildman–Crippen LogP) is 4.90. The van der Waals surface area contributed by atoms with Crippen molar-refractivity contribution in [1.29, 1.82) is 0 Å². The number of aromatic nitrogens is 2. The monoisotopic (exact) mass is 503 g/mol. The first kappa shape index (κ1) is 26.0. The lowest BCUT2D eigenvalue weighted by molar-refractivity contribution is -0.132. The number of nitrogens with zero attached hydrogens (tertiary/aromatic N) is 5. The summed E-state index contributed by atoms with van der Waals surface area (Å²) < 4.78 is 4.59. The summed E-state index contributed by atoms with van der Waals surface area (Å²) in [6.07, 6.45) is 5.60. The van der Waals surface area contributed by atoms with Crippen LogP contribution in [-0.2, 0) is 11.2 Å². The Morgan fingerprint density at radius 3 is 2.47 bits per heavy atom. The molecular weight excluding hydrogens is 466 g/mol. The first-order valence-electron chi connectivity index (χ1n) is 12.8. The molecule has 2 aromatic carbocycles. The van der Waals surface area contributed by atoms with Gasteiger partial charge >= 0.3 is 0 Å². The fourth-order valence-electron chi connectivity index (χ4n) is 4.35. The summed E-state index contributed by atoms with van der Waals surface area (Å²) >= 11 is 1.43. The van der Waals surface area contributed by atoms with Gasteiger partial charge in [-0.2, -0.15) is 4.37 Å². The molecule has 0 spiro atoms. The summed E-state index contributed by atoms with van der Waals surface area (Å²) in [6.45, 7) is 11.4. The van der Waals surface area contributed by atoms with E-state index >= 15 is 0 Å². The number of carbonyl (C=O) groups excluding carboxylic acids is 1. The Morgan fingerprint density at radius 1 is 1.06 bits per heavy atom. The lowest BCUT2D eigenvalue weighted by atomic mass is 10.1. The molecule has 1 aliphatic heterocycles. The normalized spacial score (nSPS) is 14.6. The number of amides is 1. The van der Waals surface area contributed by atoms with Crippen molar-refractivity contribution in [1.82, 2.24) is 19.2 Å². The van der Waals surface area contributed by atoms with E-state index in [4.69, 9.17) is 4.98 Å². The minimum Gasteiger partial charge on any atom is -0.344 e. The summed E-state index contributed by atoms with van der Waals surface area (Å²) in [5.41, 5.74) is 3.69. The molecule has 0 bridgehead atoms. The van der Waals surface area contributed by atoms with Crippen molar-refractivity contribution in [2.24, 2.45) is 0 Å². The standard InChI is InChI=1S/C29H37N5OS/c1-23(2)34(29-30-27(31-36-29)22-26-13-11-24(3)12-14-26)17-15-28(35)33-20-18-32(19-21-33)16-7-10-25-8-5-4-6-9-25/h4-14,23H,15-22H2,1-3H3/b10-7+. The third-order valence-corrected chi connectivity index (χ3v) is 7.37. The molecule has 0 atom stereocenters. The molecule has 1 aliphatic rings. The van der Waals surface area contributed by atoms with Crippen molar-refractivity contribution < 1.29 is 4.79 Å². The number of piperazine rings is 1. The van der Waals surface area contributed by atoms with Crippen LogP contribution in [0, 0.1) is 6.92 Å². The van der Waals surface area contributed by atoms with Crippen molar-refractivity contribution in [3.8, 4) is 0 Å². The van der Waals surface area contributed by atoms with Crippen LogP contribution in [0.1, 0.15) is 42.8 Å². The van der Waals surface area contributed by atoms with Crippen LogP contribution in [0.4, 0.5) is 5.13 Å². The highest BCUT2D eigenvalue weighted by Crippen LogP contribution is 2.22. The summed E-state index contributed by atoms with van der Waals surface area (Å²) in [5, 5.41) is 0.898. The smallest absolute Gasteiger partial charge is 0.224 e. The molecule has 36 heavy (non-hydrogen) atoms. The van der Waals surface area contributed by atoms with Gasteiger partial charge in [0.15, 0.2) is 0 Å². The van der Waals surface area contributed by atoms with E-state index in [0.29, 0.717) is 13.0 Å². The minimum absolute atomic E-state index is 0.226.